The number of hydrogen-bond acceptors (Lipinski definition) is 0. The summed E-state index contributed by atoms with van der Waals surface area (Å²) in [5, 5.41) is 0. The molecule has 0 spiro atoms. The van der Waals surface area contributed by atoms with Crippen LogP contribution in [0.25, 0.3) is 0 Å². The molecule has 2 rings (SSSR count). The van der Waals surface area contributed by atoms with Crippen LogP contribution >= 0.6 is 0 Å². The van der Waals surface area contributed by atoms with Gasteiger partial charge in [0.15, 0.2) is 0 Å². The van der Waals surface area contributed by atoms with E-state index in [4.69, 9.17) is 0 Å². The smallest absolute Gasteiger partial charge is 1.00 e. The van der Waals surface area contributed by atoms with Gasteiger partial charge in [0, 0.05) is 0 Å². The predicted molar refractivity (Wildman–Crippen MR) is 50.3 cm³/mol. The van der Waals surface area contributed by atoms with Crippen molar-refractivity contribution in [3.8, 4) is 0 Å². The number of halogens is 2. The summed E-state index contributed by atoms with van der Waals surface area (Å²) in [5.74, 6) is 0. The summed E-state index contributed by atoms with van der Waals surface area (Å²) in [5.41, 5.74) is 2.73. The molecule has 0 aromatic carbocycles. The van der Waals surface area contributed by atoms with Gasteiger partial charge < -0.3 is 24.8 Å². The van der Waals surface area contributed by atoms with Gasteiger partial charge in [0.2, 0.25) is 0 Å². The van der Waals surface area contributed by atoms with Crippen LogP contribution in [0, 0.1) is 12.2 Å². The molecule has 0 saturated heterocycles. The third-order valence-corrected chi connectivity index (χ3v) is 2.20. The van der Waals surface area contributed by atoms with Crippen molar-refractivity contribution in [2.75, 3.05) is 0 Å². The molecule has 2 aliphatic rings. The molecule has 0 nitrogen and oxygen atoms in total. The van der Waals surface area contributed by atoms with Crippen LogP contribution in [0.3, 0.4) is 0 Å². The summed E-state index contributed by atoms with van der Waals surface area (Å²) in [6.45, 7) is 0. The van der Waals surface area contributed by atoms with Gasteiger partial charge in [0.05, 0.1) is 0 Å². The molecule has 0 saturated carbocycles. The van der Waals surface area contributed by atoms with Crippen molar-refractivity contribution in [3.63, 3.8) is 0 Å². The van der Waals surface area contributed by atoms with Gasteiger partial charge >= 0.3 is 26.2 Å². The molecule has 0 radical (unpaired) electrons. The van der Waals surface area contributed by atoms with Crippen LogP contribution in [0.1, 0.15) is 25.7 Å². The van der Waals surface area contributed by atoms with Gasteiger partial charge in [-0.15, -0.1) is 12.8 Å². The van der Waals surface area contributed by atoms with E-state index in [-0.39, 0.29) is 51.0 Å². The number of allylic oxidation sites excluding steroid dienone is 8. The van der Waals surface area contributed by atoms with Crippen molar-refractivity contribution in [2.45, 2.75) is 25.7 Å². The number of hydrogen-bond donors (Lipinski definition) is 0. The Hall–Kier alpha value is 0.423. The fourth-order valence-electron chi connectivity index (χ4n) is 1.51. The summed E-state index contributed by atoms with van der Waals surface area (Å²) in [6, 6.07) is 0. The monoisotopic (exact) mass is 316 g/mol. The van der Waals surface area contributed by atoms with E-state index in [1.807, 2.05) is 0 Å². The molecular formula is C12H12Cl2Zr. The molecule has 78 valence electrons. The van der Waals surface area contributed by atoms with E-state index in [1.54, 1.807) is 0 Å². The zero-order valence-electron chi connectivity index (χ0n) is 8.39. The molecule has 15 heavy (non-hydrogen) atoms. The molecule has 0 aromatic heterocycles. The van der Waals surface area contributed by atoms with Crippen molar-refractivity contribution < 1.29 is 51.0 Å². The largest absolute Gasteiger partial charge is 4.00 e. The van der Waals surface area contributed by atoms with Gasteiger partial charge in [-0.3, -0.25) is 12.2 Å². The molecule has 2 aliphatic carbocycles. The van der Waals surface area contributed by atoms with Crippen LogP contribution < -0.4 is 24.8 Å². The van der Waals surface area contributed by atoms with Gasteiger partial charge in [0.1, 0.15) is 0 Å². The Bertz CT molecular complexity index is 258. The third-order valence-electron chi connectivity index (χ3n) is 2.20. The Balaban J connectivity index is 0. The van der Waals surface area contributed by atoms with E-state index >= 15 is 0 Å². The van der Waals surface area contributed by atoms with Crippen LogP contribution in [0.2, 0.25) is 0 Å². The molecule has 0 amide bonds. The first-order valence-corrected chi connectivity index (χ1v) is 4.47. The second-order valence-electron chi connectivity index (χ2n) is 3.12. The minimum Gasteiger partial charge on any atom is -1.00 e. The summed E-state index contributed by atoms with van der Waals surface area (Å²) in [4.78, 5) is 0. The molecule has 0 N–H and O–H groups in total. The Morgan fingerprint density at radius 2 is 1.27 bits per heavy atom. The molecule has 0 fully saturated rings. The van der Waals surface area contributed by atoms with Gasteiger partial charge in [-0.2, -0.15) is 12.2 Å². The maximum atomic E-state index is 3.32. The molecule has 0 unspecified atom stereocenters. The molecule has 0 atom stereocenters. The summed E-state index contributed by atoms with van der Waals surface area (Å²) in [7, 11) is 0. The van der Waals surface area contributed by atoms with E-state index in [9.17, 15) is 0 Å². The average molecular weight is 318 g/mol. The minimum absolute atomic E-state index is 0. The summed E-state index contributed by atoms with van der Waals surface area (Å²) >= 11 is 0. The standard InChI is InChI=1S/C12H12.2ClH.Zr/c1-2-6-11(5-1)9-10-12-7-3-4-8-12;;;/h1,3,5,7H,2,4,9-10H2;2*1H;/q-2;;;+4/p-2. The average Bonchev–Trinajstić information content (AvgIpc) is 2.74. The molecule has 3 heteroatoms. The van der Waals surface area contributed by atoms with Crippen LogP contribution in [0.5, 0.6) is 0 Å². The second-order valence-corrected chi connectivity index (χ2v) is 3.12. The topological polar surface area (TPSA) is 0 Å². The maximum Gasteiger partial charge on any atom is 4.00 e. The zero-order chi connectivity index (χ0) is 8.23. The van der Waals surface area contributed by atoms with Crippen molar-refractivity contribution in [1.29, 1.82) is 0 Å². The Labute approximate surface area is 124 Å². The third kappa shape index (κ3) is 5.90. The predicted octanol–water partition coefficient (Wildman–Crippen LogP) is -2.85. The molecule has 0 heterocycles. The molecule has 0 aromatic rings. The van der Waals surface area contributed by atoms with Crippen LogP contribution in [0.15, 0.2) is 35.5 Å². The number of rotatable bonds is 3. The van der Waals surface area contributed by atoms with Crippen LogP contribution in [-0.4, -0.2) is 0 Å². The maximum absolute atomic E-state index is 3.32. The van der Waals surface area contributed by atoms with E-state index in [0.29, 0.717) is 0 Å². The van der Waals surface area contributed by atoms with Gasteiger partial charge in [-0.25, -0.2) is 23.3 Å². The quantitative estimate of drug-likeness (QED) is 0.492. The van der Waals surface area contributed by atoms with Gasteiger partial charge in [-0.1, -0.05) is 12.8 Å². The first-order chi connectivity index (χ1) is 5.95. The normalized spacial score (nSPS) is 16.0. The Kier molecular flexibility index (Phi) is 11.4. The molecule has 0 aliphatic heterocycles. The van der Waals surface area contributed by atoms with Crippen LogP contribution in [-0.2, 0) is 26.2 Å². The van der Waals surface area contributed by atoms with E-state index < -0.39 is 0 Å². The fraction of sp³-hybridized carbons (Fsp3) is 0.333. The van der Waals surface area contributed by atoms with Crippen molar-refractivity contribution >= 4 is 0 Å². The fourth-order valence-corrected chi connectivity index (χ4v) is 1.51. The van der Waals surface area contributed by atoms with E-state index in [2.05, 4.69) is 36.5 Å². The van der Waals surface area contributed by atoms with E-state index in [0.717, 1.165) is 25.7 Å². The van der Waals surface area contributed by atoms with E-state index in [1.165, 1.54) is 11.1 Å². The second kappa shape index (κ2) is 9.64. The van der Waals surface area contributed by atoms with Crippen LogP contribution in [0.4, 0.5) is 0 Å². The first kappa shape index (κ1) is 17.8. The summed E-state index contributed by atoms with van der Waals surface area (Å²) in [6.07, 6.45) is 19.6. The van der Waals surface area contributed by atoms with Crippen molar-refractivity contribution in [3.05, 3.63) is 47.6 Å². The Morgan fingerprint density at radius 1 is 0.867 bits per heavy atom. The molecular weight excluding hydrogens is 306 g/mol. The minimum atomic E-state index is 0. The van der Waals surface area contributed by atoms with Crippen molar-refractivity contribution in [1.82, 2.24) is 0 Å². The Morgan fingerprint density at radius 3 is 1.53 bits per heavy atom. The summed E-state index contributed by atoms with van der Waals surface area (Å²) < 4.78 is 0. The zero-order valence-corrected chi connectivity index (χ0v) is 12.4. The van der Waals surface area contributed by atoms with Crippen molar-refractivity contribution in [2.24, 2.45) is 0 Å². The first-order valence-electron chi connectivity index (χ1n) is 4.47. The van der Waals surface area contributed by atoms with Gasteiger partial charge in [-0.05, 0) is 0 Å². The SMILES string of the molecule is [C-]1=C(CCC2=[C-]CC=C2)C=CC1.[Cl-].[Cl-].[Zr+4]. The molecule has 0 bridgehead atoms. The van der Waals surface area contributed by atoms with Gasteiger partial charge in [0.25, 0.3) is 0 Å².